The second kappa shape index (κ2) is 7.84. The molecule has 1 amide bonds. The van der Waals surface area contributed by atoms with Gasteiger partial charge >= 0.3 is 6.09 Å². The average Bonchev–Trinajstić information content (AvgIpc) is 2.47. The molecule has 0 aromatic carbocycles. The number of hydrogen-bond acceptors (Lipinski definition) is 4. The second-order valence-corrected chi connectivity index (χ2v) is 6.52. The molecule has 0 aliphatic carbocycles. The summed E-state index contributed by atoms with van der Waals surface area (Å²) >= 11 is 0. The van der Waals surface area contributed by atoms with Crippen molar-refractivity contribution in [3.05, 3.63) is 0 Å². The van der Waals surface area contributed by atoms with Gasteiger partial charge in [-0.15, -0.1) is 0 Å². The Kier molecular flexibility index (Phi) is 6.76. The summed E-state index contributed by atoms with van der Waals surface area (Å²) < 4.78 is 5.45. The summed E-state index contributed by atoms with van der Waals surface area (Å²) in [5.41, 5.74) is -0.454. The van der Waals surface area contributed by atoms with Crippen molar-refractivity contribution >= 4 is 6.09 Å². The summed E-state index contributed by atoms with van der Waals surface area (Å²) in [7, 11) is 3.52. The highest BCUT2D eigenvalue weighted by Crippen LogP contribution is 2.18. The van der Waals surface area contributed by atoms with E-state index in [4.69, 9.17) is 9.57 Å². The minimum Gasteiger partial charge on any atom is -0.444 e. The van der Waals surface area contributed by atoms with Crippen molar-refractivity contribution in [1.29, 1.82) is 0 Å². The van der Waals surface area contributed by atoms with E-state index >= 15 is 0 Å². The van der Waals surface area contributed by atoms with Gasteiger partial charge < -0.3 is 14.5 Å². The van der Waals surface area contributed by atoms with Gasteiger partial charge in [-0.25, -0.2) is 4.79 Å². The van der Waals surface area contributed by atoms with Gasteiger partial charge in [-0.05, 0) is 33.6 Å². The minimum atomic E-state index is -0.454. The molecule has 5 heteroatoms. The third-order valence-electron chi connectivity index (χ3n) is 3.60. The molecule has 0 spiro atoms. The summed E-state index contributed by atoms with van der Waals surface area (Å²) in [5, 5.41) is 1.96. The molecule has 1 atom stereocenters. The van der Waals surface area contributed by atoms with E-state index in [0.29, 0.717) is 0 Å². The molecule has 20 heavy (non-hydrogen) atoms. The van der Waals surface area contributed by atoms with Gasteiger partial charge in [0, 0.05) is 26.2 Å². The van der Waals surface area contributed by atoms with Gasteiger partial charge in [0.2, 0.25) is 0 Å². The number of carbonyl (C=O) groups excluding carboxylic acids is 1. The van der Waals surface area contributed by atoms with Crippen molar-refractivity contribution in [3.63, 3.8) is 0 Å². The number of rotatable bonds is 2. The molecule has 0 N–H and O–H groups in total. The molecule has 1 heterocycles. The topological polar surface area (TPSA) is 42.0 Å². The summed E-state index contributed by atoms with van der Waals surface area (Å²) in [6.07, 6.45) is 5.48. The normalized spacial score (nSPS) is 22.6. The lowest BCUT2D eigenvalue weighted by atomic mass is 10.1. The smallest absolute Gasteiger partial charge is 0.410 e. The predicted molar refractivity (Wildman–Crippen MR) is 79.5 cm³/mol. The molecule has 1 rings (SSSR count). The van der Waals surface area contributed by atoms with E-state index in [1.165, 1.54) is 12.8 Å². The number of hydrogen-bond donors (Lipinski definition) is 0. The van der Waals surface area contributed by atoms with Crippen LogP contribution in [0.1, 0.15) is 52.9 Å². The second-order valence-electron chi connectivity index (χ2n) is 6.52. The number of likely N-dealkylation sites (N-methyl/N-ethyl adjacent to an activating group) is 1. The molecule has 0 aromatic rings. The minimum absolute atomic E-state index is 0.142. The highest BCUT2D eigenvalue weighted by molar-refractivity contribution is 5.68. The molecular formula is C15H30N2O3. The monoisotopic (exact) mass is 286 g/mol. The van der Waals surface area contributed by atoms with Crippen LogP contribution < -0.4 is 0 Å². The first-order valence-corrected chi connectivity index (χ1v) is 7.58. The molecule has 0 saturated carbocycles. The molecule has 0 bridgehead atoms. The van der Waals surface area contributed by atoms with E-state index in [2.05, 4.69) is 0 Å². The first-order chi connectivity index (χ1) is 9.33. The zero-order chi connectivity index (χ0) is 15.2. The van der Waals surface area contributed by atoms with Crippen molar-refractivity contribution in [2.24, 2.45) is 0 Å². The highest BCUT2D eigenvalue weighted by Gasteiger charge is 2.27. The van der Waals surface area contributed by atoms with Crippen molar-refractivity contribution < 1.29 is 14.4 Å². The zero-order valence-electron chi connectivity index (χ0n) is 13.6. The van der Waals surface area contributed by atoms with Crippen LogP contribution in [0.5, 0.6) is 0 Å². The van der Waals surface area contributed by atoms with E-state index < -0.39 is 5.60 Å². The lowest BCUT2D eigenvalue weighted by Gasteiger charge is -2.33. The van der Waals surface area contributed by atoms with Crippen LogP contribution in [-0.4, -0.2) is 54.9 Å². The van der Waals surface area contributed by atoms with Gasteiger partial charge in [-0.1, -0.05) is 19.3 Å². The van der Waals surface area contributed by atoms with Gasteiger partial charge in [-0.2, -0.15) is 5.06 Å². The lowest BCUT2D eigenvalue weighted by molar-refractivity contribution is -0.141. The quantitative estimate of drug-likeness (QED) is 0.782. The Morgan fingerprint density at radius 1 is 1.20 bits per heavy atom. The Bertz CT molecular complexity index is 302. The van der Waals surface area contributed by atoms with Crippen LogP contribution in [0.15, 0.2) is 0 Å². The summed E-state index contributed by atoms with van der Waals surface area (Å²) in [5.74, 6) is 0. The number of carbonyl (C=O) groups is 1. The fourth-order valence-corrected chi connectivity index (χ4v) is 2.40. The molecule has 5 nitrogen and oxygen atoms in total. The SMILES string of the molecule is CON1CCCCCCC(N(C)C(=O)OC(C)(C)C)C1. The molecule has 1 unspecified atom stereocenters. The van der Waals surface area contributed by atoms with Crippen LogP contribution in [0.2, 0.25) is 0 Å². The van der Waals surface area contributed by atoms with E-state index in [-0.39, 0.29) is 12.1 Å². The molecular weight excluding hydrogens is 256 g/mol. The predicted octanol–water partition coefficient (Wildman–Crippen LogP) is 3.05. The third-order valence-corrected chi connectivity index (χ3v) is 3.60. The standard InChI is InChI=1S/C15H30N2O3/c1-15(2,3)20-14(18)16(4)13-10-8-6-7-9-11-17(12-13)19-5/h13H,6-12H2,1-5H3. The molecule has 1 fully saturated rings. The third kappa shape index (κ3) is 6.09. The van der Waals surface area contributed by atoms with Crippen LogP contribution in [0.25, 0.3) is 0 Å². The fraction of sp³-hybridized carbons (Fsp3) is 0.933. The van der Waals surface area contributed by atoms with Crippen LogP contribution in [0.4, 0.5) is 4.79 Å². The van der Waals surface area contributed by atoms with Crippen molar-refractivity contribution in [2.75, 3.05) is 27.2 Å². The number of hydroxylamine groups is 2. The van der Waals surface area contributed by atoms with Crippen LogP contribution in [0, 0.1) is 0 Å². The first kappa shape index (κ1) is 17.2. The molecule has 1 aliphatic heterocycles. The lowest BCUT2D eigenvalue weighted by Crippen LogP contribution is -2.46. The van der Waals surface area contributed by atoms with Crippen LogP contribution in [-0.2, 0) is 9.57 Å². The van der Waals surface area contributed by atoms with E-state index in [1.807, 2.05) is 32.9 Å². The molecule has 118 valence electrons. The van der Waals surface area contributed by atoms with Gasteiger partial charge in [0.05, 0.1) is 7.11 Å². The largest absolute Gasteiger partial charge is 0.444 e. The molecule has 0 radical (unpaired) electrons. The summed E-state index contributed by atoms with van der Waals surface area (Å²) in [6, 6.07) is 0.142. The van der Waals surface area contributed by atoms with Gasteiger partial charge in [0.1, 0.15) is 5.60 Å². The molecule has 0 aromatic heterocycles. The number of nitrogens with zero attached hydrogens (tertiary/aromatic N) is 2. The van der Waals surface area contributed by atoms with E-state index in [0.717, 1.165) is 32.4 Å². The van der Waals surface area contributed by atoms with Crippen molar-refractivity contribution in [3.8, 4) is 0 Å². The maximum Gasteiger partial charge on any atom is 0.410 e. The highest BCUT2D eigenvalue weighted by atomic mass is 16.7. The van der Waals surface area contributed by atoms with Crippen molar-refractivity contribution in [2.45, 2.75) is 64.5 Å². The Morgan fingerprint density at radius 2 is 1.85 bits per heavy atom. The number of ether oxygens (including phenoxy) is 1. The van der Waals surface area contributed by atoms with Crippen molar-refractivity contribution in [1.82, 2.24) is 9.96 Å². The fourth-order valence-electron chi connectivity index (χ4n) is 2.40. The first-order valence-electron chi connectivity index (χ1n) is 7.58. The van der Waals surface area contributed by atoms with Crippen LogP contribution in [0.3, 0.4) is 0 Å². The average molecular weight is 286 g/mol. The Hall–Kier alpha value is -0.810. The maximum atomic E-state index is 12.2. The van der Waals surface area contributed by atoms with E-state index in [1.54, 1.807) is 12.0 Å². The van der Waals surface area contributed by atoms with Gasteiger partial charge in [-0.3, -0.25) is 0 Å². The molecule has 1 aliphatic rings. The summed E-state index contributed by atoms with van der Waals surface area (Å²) in [6.45, 7) is 7.34. The van der Waals surface area contributed by atoms with Gasteiger partial charge in [0.25, 0.3) is 0 Å². The maximum absolute atomic E-state index is 12.2. The Morgan fingerprint density at radius 3 is 2.45 bits per heavy atom. The molecule has 1 saturated heterocycles. The van der Waals surface area contributed by atoms with Gasteiger partial charge in [0.15, 0.2) is 0 Å². The Labute approximate surface area is 123 Å². The zero-order valence-corrected chi connectivity index (χ0v) is 13.6. The van der Waals surface area contributed by atoms with Crippen LogP contribution >= 0.6 is 0 Å². The Balaban J connectivity index is 2.65. The number of amides is 1. The summed E-state index contributed by atoms with van der Waals surface area (Å²) in [4.78, 5) is 19.3. The van der Waals surface area contributed by atoms with E-state index in [9.17, 15) is 4.79 Å².